The highest BCUT2D eigenvalue weighted by Crippen LogP contribution is 2.18. The molecule has 98 valence electrons. The summed E-state index contributed by atoms with van der Waals surface area (Å²) >= 11 is 0. The van der Waals surface area contributed by atoms with Gasteiger partial charge in [0.25, 0.3) is 0 Å². The first kappa shape index (κ1) is 12.9. The maximum atomic E-state index is 10.8. The molecule has 1 heterocycles. The number of fused-ring (bicyclic) bond motifs is 1. The van der Waals surface area contributed by atoms with Crippen LogP contribution in [0.15, 0.2) is 30.3 Å². The third-order valence-electron chi connectivity index (χ3n) is 2.66. The van der Waals surface area contributed by atoms with Crippen LogP contribution in [0.1, 0.15) is 23.0 Å². The van der Waals surface area contributed by atoms with Crippen LogP contribution >= 0.6 is 0 Å². The fourth-order valence-corrected chi connectivity index (χ4v) is 1.76. The Labute approximate surface area is 109 Å². The Kier molecular flexibility index (Phi) is 3.66. The number of amides is 1. The van der Waals surface area contributed by atoms with Crippen molar-refractivity contribution in [1.82, 2.24) is 10.3 Å². The van der Waals surface area contributed by atoms with E-state index in [0.717, 1.165) is 16.5 Å². The van der Waals surface area contributed by atoms with Crippen LogP contribution < -0.4 is 5.32 Å². The molecule has 2 aromatic rings. The summed E-state index contributed by atoms with van der Waals surface area (Å²) in [6, 6.07) is 7.22. The summed E-state index contributed by atoms with van der Waals surface area (Å²) in [4.78, 5) is 24.4. The monoisotopic (exact) mass is 258 g/mol. The number of aromatic nitrogens is 1. The molecule has 0 atom stereocenters. The molecule has 0 saturated heterocycles. The van der Waals surface area contributed by atoms with Crippen molar-refractivity contribution in [2.75, 3.05) is 6.54 Å². The maximum absolute atomic E-state index is 10.8. The third-order valence-corrected chi connectivity index (χ3v) is 2.66. The molecule has 0 aliphatic carbocycles. The zero-order chi connectivity index (χ0) is 13.8. The van der Waals surface area contributed by atoms with Crippen LogP contribution in [-0.4, -0.2) is 28.5 Å². The van der Waals surface area contributed by atoms with Crippen molar-refractivity contribution in [2.45, 2.75) is 6.92 Å². The fraction of sp³-hybridized carbons (Fsp3) is 0.143. The standard InChI is InChI=1S/C14H14N2O3/c1-9(17)15-6-2-3-10-4-5-11-8-13(14(18)19)16-12(11)7-10/h2-5,7-8,16H,6H2,1H3,(H,15,17)(H,18,19). The molecule has 5 nitrogen and oxygen atoms in total. The smallest absolute Gasteiger partial charge is 0.352 e. The molecule has 1 aromatic carbocycles. The number of carbonyl (C=O) groups is 2. The predicted molar refractivity (Wildman–Crippen MR) is 73.0 cm³/mol. The van der Waals surface area contributed by atoms with Crippen molar-refractivity contribution in [3.8, 4) is 0 Å². The number of aromatic amines is 1. The van der Waals surface area contributed by atoms with Gasteiger partial charge in [-0.05, 0) is 17.7 Å². The van der Waals surface area contributed by atoms with E-state index >= 15 is 0 Å². The lowest BCUT2D eigenvalue weighted by Gasteiger charge is -1.96. The van der Waals surface area contributed by atoms with Gasteiger partial charge in [-0.2, -0.15) is 0 Å². The predicted octanol–water partition coefficient (Wildman–Crippen LogP) is 2.02. The van der Waals surface area contributed by atoms with Crippen LogP contribution in [0.2, 0.25) is 0 Å². The number of carboxylic acid groups (broad SMARTS) is 1. The number of carboxylic acids is 1. The van der Waals surface area contributed by atoms with Crippen LogP contribution in [0.5, 0.6) is 0 Å². The lowest BCUT2D eigenvalue weighted by atomic mass is 10.1. The van der Waals surface area contributed by atoms with Gasteiger partial charge in [0.15, 0.2) is 0 Å². The summed E-state index contributed by atoms with van der Waals surface area (Å²) in [6.07, 6.45) is 3.71. The largest absolute Gasteiger partial charge is 0.477 e. The summed E-state index contributed by atoms with van der Waals surface area (Å²) < 4.78 is 0. The van der Waals surface area contributed by atoms with E-state index in [0.29, 0.717) is 6.54 Å². The van der Waals surface area contributed by atoms with Crippen molar-refractivity contribution < 1.29 is 14.7 Å². The van der Waals surface area contributed by atoms with Gasteiger partial charge < -0.3 is 15.4 Å². The topological polar surface area (TPSA) is 82.2 Å². The molecule has 1 amide bonds. The molecule has 19 heavy (non-hydrogen) atoms. The van der Waals surface area contributed by atoms with E-state index in [-0.39, 0.29) is 11.6 Å². The molecule has 2 rings (SSSR count). The number of aromatic carboxylic acids is 1. The SMILES string of the molecule is CC(=O)NCC=Cc1ccc2cc(C(=O)O)[nH]c2c1. The maximum Gasteiger partial charge on any atom is 0.352 e. The summed E-state index contributed by atoms with van der Waals surface area (Å²) in [5, 5.41) is 12.4. The quantitative estimate of drug-likeness (QED) is 0.784. The molecule has 5 heteroatoms. The Bertz CT molecular complexity index is 656. The molecule has 0 radical (unpaired) electrons. The number of rotatable bonds is 4. The van der Waals surface area contributed by atoms with Crippen molar-refractivity contribution in [3.05, 3.63) is 41.6 Å². The van der Waals surface area contributed by atoms with Gasteiger partial charge in [-0.1, -0.05) is 24.3 Å². The lowest BCUT2D eigenvalue weighted by molar-refractivity contribution is -0.118. The Balaban J connectivity index is 2.17. The molecule has 0 bridgehead atoms. The Morgan fingerprint density at radius 2 is 2.16 bits per heavy atom. The summed E-state index contributed by atoms with van der Waals surface area (Å²) in [7, 11) is 0. The van der Waals surface area contributed by atoms with E-state index in [1.807, 2.05) is 30.4 Å². The number of nitrogens with one attached hydrogen (secondary N) is 2. The second-order valence-corrected chi connectivity index (χ2v) is 4.17. The number of hydrogen-bond donors (Lipinski definition) is 3. The number of hydrogen-bond acceptors (Lipinski definition) is 2. The zero-order valence-electron chi connectivity index (χ0n) is 10.4. The summed E-state index contributed by atoms with van der Waals surface area (Å²) in [5.74, 6) is -1.05. The molecular formula is C14H14N2O3. The highest BCUT2D eigenvalue weighted by atomic mass is 16.4. The van der Waals surface area contributed by atoms with Gasteiger partial charge >= 0.3 is 5.97 Å². The van der Waals surface area contributed by atoms with E-state index in [1.54, 1.807) is 6.07 Å². The molecule has 0 aliphatic rings. The molecule has 0 fully saturated rings. The second kappa shape index (κ2) is 5.39. The van der Waals surface area contributed by atoms with Gasteiger partial charge in [0.05, 0.1) is 0 Å². The first-order chi connectivity index (χ1) is 9.06. The van der Waals surface area contributed by atoms with E-state index in [9.17, 15) is 9.59 Å². The number of H-pyrrole nitrogens is 1. The van der Waals surface area contributed by atoms with Crippen LogP contribution in [0.4, 0.5) is 0 Å². The van der Waals surface area contributed by atoms with Crippen LogP contribution in [0, 0.1) is 0 Å². The molecular weight excluding hydrogens is 244 g/mol. The minimum atomic E-state index is -0.973. The summed E-state index contributed by atoms with van der Waals surface area (Å²) in [6.45, 7) is 1.94. The minimum Gasteiger partial charge on any atom is -0.477 e. The molecule has 1 aromatic heterocycles. The molecule has 0 aliphatic heterocycles. The van der Waals surface area contributed by atoms with E-state index in [4.69, 9.17) is 5.11 Å². The van der Waals surface area contributed by atoms with Crippen molar-refractivity contribution >= 4 is 28.9 Å². The average Bonchev–Trinajstić information content (AvgIpc) is 2.77. The van der Waals surface area contributed by atoms with Gasteiger partial charge in [0, 0.05) is 24.4 Å². The van der Waals surface area contributed by atoms with Crippen molar-refractivity contribution in [3.63, 3.8) is 0 Å². The normalized spacial score (nSPS) is 11.0. The summed E-state index contributed by atoms with van der Waals surface area (Å²) in [5.41, 5.74) is 1.89. The highest BCUT2D eigenvalue weighted by molar-refractivity contribution is 5.94. The van der Waals surface area contributed by atoms with Crippen LogP contribution in [-0.2, 0) is 4.79 Å². The molecule has 0 unspecified atom stereocenters. The van der Waals surface area contributed by atoms with E-state index in [1.165, 1.54) is 6.92 Å². The fourth-order valence-electron chi connectivity index (χ4n) is 1.76. The van der Waals surface area contributed by atoms with Crippen LogP contribution in [0.25, 0.3) is 17.0 Å². The highest BCUT2D eigenvalue weighted by Gasteiger charge is 2.06. The zero-order valence-corrected chi connectivity index (χ0v) is 10.4. The number of carbonyl (C=O) groups excluding carboxylic acids is 1. The minimum absolute atomic E-state index is 0.0735. The lowest BCUT2D eigenvalue weighted by Crippen LogP contribution is -2.19. The second-order valence-electron chi connectivity index (χ2n) is 4.17. The van der Waals surface area contributed by atoms with Gasteiger partial charge in [-0.25, -0.2) is 4.79 Å². The third kappa shape index (κ3) is 3.22. The van der Waals surface area contributed by atoms with E-state index in [2.05, 4.69) is 10.3 Å². The first-order valence-electron chi connectivity index (χ1n) is 5.83. The van der Waals surface area contributed by atoms with Gasteiger partial charge in [0.2, 0.25) is 5.91 Å². The average molecular weight is 258 g/mol. The van der Waals surface area contributed by atoms with Crippen LogP contribution in [0.3, 0.4) is 0 Å². The van der Waals surface area contributed by atoms with Gasteiger partial charge in [0.1, 0.15) is 5.69 Å². The van der Waals surface area contributed by atoms with Crippen molar-refractivity contribution in [1.29, 1.82) is 0 Å². The Hall–Kier alpha value is -2.56. The van der Waals surface area contributed by atoms with E-state index < -0.39 is 5.97 Å². The molecule has 0 spiro atoms. The van der Waals surface area contributed by atoms with Gasteiger partial charge in [-0.3, -0.25) is 4.79 Å². The Morgan fingerprint density at radius 3 is 2.84 bits per heavy atom. The Morgan fingerprint density at radius 1 is 1.37 bits per heavy atom. The van der Waals surface area contributed by atoms with Crippen molar-refractivity contribution in [2.24, 2.45) is 0 Å². The van der Waals surface area contributed by atoms with Gasteiger partial charge in [-0.15, -0.1) is 0 Å². The molecule has 0 saturated carbocycles. The molecule has 3 N–H and O–H groups in total. The number of benzene rings is 1. The first-order valence-corrected chi connectivity index (χ1v) is 5.83.